The predicted octanol–water partition coefficient (Wildman–Crippen LogP) is 2.23. The molecule has 4 aromatic rings. The molecule has 1 unspecified atom stereocenters. The van der Waals surface area contributed by atoms with Crippen LogP contribution in [0.25, 0.3) is 11.0 Å². The molecule has 4 atom stereocenters. The Bertz CT molecular complexity index is 1520. The summed E-state index contributed by atoms with van der Waals surface area (Å²) < 4.78 is 3.74. The third-order valence-corrected chi connectivity index (χ3v) is 8.46. The van der Waals surface area contributed by atoms with Crippen molar-refractivity contribution in [2.24, 2.45) is 20.0 Å². The summed E-state index contributed by atoms with van der Waals surface area (Å²) in [6.07, 6.45) is 5.85. The highest BCUT2D eigenvalue weighted by atomic mass is 16.2. The van der Waals surface area contributed by atoms with Crippen LogP contribution in [-0.2, 0) is 36.6 Å². The van der Waals surface area contributed by atoms with E-state index in [0.29, 0.717) is 25.9 Å². The second kappa shape index (κ2) is 10.8. The van der Waals surface area contributed by atoms with Gasteiger partial charge in [-0.2, -0.15) is 0 Å². The Morgan fingerprint density at radius 1 is 1.07 bits per heavy atom. The largest absolute Gasteiger partial charge is 0.350 e. The molecule has 2 amide bonds. The maximum absolute atomic E-state index is 13.9. The fourth-order valence-electron chi connectivity index (χ4n) is 6.23. The van der Waals surface area contributed by atoms with Crippen LogP contribution in [0.2, 0.25) is 0 Å². The maximum atomic E-state index is 13.9. The van der Waals surface area contributed by atoms with Crippen LogP contribution in [0, 0.1) is 12.8 Å². The second-order valence-electron chi connectivity index (χ2n) is 11.4. The molecule has 2 N–H and O–H groups in total. The van der Waals surface area contributed by atoms with E-state index >= 15 is 0 Å². The van der Waals surface area contributed by atoms with Gasteiger partial charge in [-0.1, -0.05) is 41.1 Å². The molecular formula is C30H36N8O2. The van der Waals surface area contributed by atoms with Gasteiger partial charge >= 0.3 is 0 Å². The second-order valence-corrected chi connectivity index (χ2v) is 11.4. The molecule has 2 saturated heterocycles. The first-order valence-electron chi connectivity index (χ1n) is 14.0. The number of carbonyl (C=O) groups is 2. The summed E-state index contributed by atoms with van der Waals surface area (Å²) in [5.41, 5.74) is 6.26. The highest BCUT2D eigenvalue weighted by molar-refractivity contribution is 5.90. The lowest BCUT2D eigenvalue weighted by Crippen LogP contribution is -2.51. The number of carbonyl (C=O) groups excluding carboxylic acids is 2. The fourth-order valence-corrected chi connectivity index (χ4v) is 6.23. The molecule has 0 radical (unpaired) electrons. The lowest BCUT2D eigenvalue weighted by atomic mass is 9.96. The smallest absolute Gasteiger partial charge is 0.243 e. The SMILES string of the molecule is Cc1ccc(C[C@@H]2C[C@@H](C(=O)NCc3ccc4c(c3)nnn4C)N(C(=O)[C@H]3CC(c4cncn4C)CN3)C2)cc1. The van der Waals surface area contributed by atoms with Gasteiger partial charge in [-0.25, -0.2) is 9.67 Å². The molecule has 2 aromatic carbocycles. The van der Waals surface area contributed by atoms with Crippen molar-refractivity contribution in [3.63, 3.8) is 0 Å². The van der Waals surface area contributed by atoms with Crippen LogP contribution in [0.5, 0.6) is 0 Å². The zero-order valence-electron chi connectivity index (χ0n) is 23.2. The Morgan fingerprint density at radius 3 is 2.65 bits per heavy atom. The number of aryl methyl sites for hydroxylation is 3. The highest BCUT2D eigenvalue weighted by Gasteiger charge is 2.43. The Morgan fingerprint density at radius 2 is 1.88 bits per heavy atom. The van der Waals surface area contributed by atoms with E-state index in [4.69, 9.17) is 0 Å². The van der Waals surface area contributed by atoms with E-state index in [0.717, 1.165) is 35.3 Å². The molecule has 4 heterocycles. The van der Waals surface area contributed by atoms with E-state index in [2.05, 4.69) is 57.1 Å². The Kier molecular flexibility index (Phi) is 7.10. The first-order valence-corrected chi connectivity index (χ1v) is 14.0. The van der Waals surface area contributed by atoms with Gasteiger partial charge in [-0.05, 0) is 55.4 Å². The predicted molar refractivity (Wildman–Crippen MR) is 151 cm³/mol. The summed E-state index contributed by atoms with van der Waals surface area (Å²) in [5.74, 6) is 0.334. The number of imidazole rings is 1. The number of rotatable bonds is 7. The van der Waals surface area contributed by atoms with E-state index in [1.807, 2.05) is 48.0 Å². The Hall–Kier alpha value is -4.05. The van der Waals surface area contributed by atoms with Crippen LogP contribution >= 0.6 is 0 Å². The van der Waals surface area contributed by atoms with Gasteiger partial charge in [0.05, 0.1) is 17.9 Å². The lowest BCUT2D eigenvalue weighted by Gasteiger charge is -2.27. The molecule has 10 nitrogen and oxygen atoms in total. The summed E-state index contributed by atoms with van der Waals surface area (Å²) in [6.45, 7) is 3.75. The summed E-state index contributed by atoms with van der Waals surface area (Å²) in [5, 5.41) is 14.8. The number of nitrogens with one attached hydrogen (secondary N) is 2. The molecule has 2 fully saturated rings. The van der Waals surface area contributed by atoms with E-state index in [-0.39, 0.29) is 29.7 Å². The maximum Gasteiger partial charge on any atom is 0.243 e. The summed E-state index contributed by atoms with van der Waals surface area (Å²) in [7, 11) is 3.84. The number of benzene rings is 2. The Balaban J connectivity index is 1.16. The van der Waals surface area contributed by atoms with Gasteiger partial charge < -0.3 is 20.1 Å². The molecule has 2 aliphatic heterocycles. The molecule has 0 saturated carbocycles. The number of amides is 2. The van der Waals surface area contributed by atoms with Crippen molar-refractivity contribution < 1.29 is 9.59 Å². The van der Waals surface area contributed by atoms with Gasteiger partial charge in [-0.3, -0.25) is 9.59 Å². The number of hydrogen-bond acceptors (Lipinski definition) is 6. The third kappa shape index (κ3) is 5.23. The monoisotopic (exact) mass is 540 g/mol. The van der Waals surface area contributed by atoms with Gasteiger partial charge in [0.25, 0.3) is 0 Å². The third-order valence-electron chi connectivity index (χ3n) is 8.46. The number of fused-ring (bicyclic) bond motifs is 1. The lowest BCUT2D eigenvalue weighted by molar-refractivity contribution is -0.139. The van der Waals surface area contributed by atoms with Crippen molar-refractivity contribution in [3.8, 4) is 0 Å². The first-order chi connectivity index (χ1) is 19.4. The van der Waals surface area contributed by atoms with Crippen LogP contribution < -0.4 is 10.6 Å². The summed E-state index contributed by atoms with van der Waals surface area (Å²) in [4.78, 5) is 33.5. The standard InChI is InChI=1S/C30H36N8O2/c1-19-4-6-20(7-5-19)10-22-12-27(29(39)33-14-21-8-9-26-24(11-21)34-35-37(26)3)38(17-22)30(40)25-13-23(15-32-25)28-16-31-18-36(28)2/h4-9,11,16,18,22-23,25,27,32H,10,12-15,17H2,1-3H3,(H,33,39)/t22-,23?,25-,27+/m1/s1. The molecule has 2 aliphatic rings. The minimum atomic E-state index is -0.499. The molecule has 208 valence electrons. The summed E-state index contributed by atoms with van der Waals surface area (Å²) >= 11 is 0. The van der Waals surface area contributed by atoms with Crippen LogP contribution in [-0.4, -0.2) is 66.4 Å². The van der Waals surface area contributed by atoms with E-state index in [1.165, 1.54) is 11.1 Å². The molecule has 0 aliphatic carbocycles. The molecule has 0 bridgehead atoms. The molecule has 2 aromatic heterocycles. The van der Waals surface area contributed by atoms with Crippen LogP contribution in [0.3, 0.4) is 0 Å². The van der Waals surface area contributed by atoms with E-state index in [9.17, 15) is 9.59 Å². The van der Waals surface area contributed by atoms with E-state index < -0.39 is 6.04 Å². The van der Waals surface area contributed by atoms with Crippen molar-refractivity contribution in [2.75, 3.05) is 13.1 Å². The first kappa shape index (κ1) is 26.2. The van der Waals surface area contributed by atoms with Gasteiger partial charge in [-0.15, -0.1) is 5.10 Å². The average molecular weight is 541 g/mol. The number of nitrogens with zero attached hydrogens (tertiary/aromatic N) is 6. The van der Waals surface area contributed by atoms with Gasteiger partial charge in [0.1, 0.15) is 11.6 Å². The fraction of sp³-hybridized carbons (Fsp3) is 0.433. The quantitative estimate of drug-likeness (QED) is 0.372. The number of aromatic nitrogens is 5. The van der Waals surface area contributed by atoms with Crippen molar-refractivity contribution in [2.45, 2.75) is 50.7 Å². The average Bonchev–Trinajstić information content (AvgIpc) is 3.75. The van der Waals surface area contributed by atoms with Crippen molar-refractivity contribution in [1.82, 2.24) is 40.1 Å². The zero-order valence-corrected chi connectivity index (χ0v) is 23.2. The van der Waals surface area contributed by atoms with Crippen molar-refractivity contribution in [3.05, 3.63) is 77.4 Å². The number of hydrogen-bond donors (Lipinski definition) is 2. The molecule has 40 heavy (non-hydrogen) atoms. The van der Waals surface area contributed by atoms with E-state index in [1.54, 1.807) is 11.0 Å². The zero-order chi connectivity index (χ0) is 27.8. The minimum absolute atomic E-state index is 0.0113. The van der Waals surface area contributed by atoms with Gasteiger partial charge in [0, 0.05) is 51.5 Å². The molecular weight excluding hydrogens is 504 g/mol. The van der Waals surface area contributed by atoms with Crippen LogP contribution in [0.15, 0.2) is 55.0 Å². The topological polar surface area (TPSA) is 110 Å². The Labute approximate surface area is 233 Å². The summed E-state index contributed by atoms with van der Waals surface area (Å²) in [6, 6.07) is 13.6. The van der Waals surface area contributed by atoms with Crippen LogP contribution in [0.4, 0.5) is 0 Å². The molecule has 0 spiro atoms. The molecule has 10 heteroatoms. The minimum Gasteiger partial charge on any atom is -0.350 e. The number of likely N-dealkylation sites (tertiary alicyclic amines) is 1. The van der Waals surface area contributed by atoms with Gasteiger partial charge in [0.15, 0.2) is 0 Å². The van der Waals surface area contributed by atoms with Crippen molar-refractivity contribution >= 4 is 22.8 Å². The van der Waals surface area contributed by atoms with Crippen molar-refractivity contribution in [1.29, 1.82) is 0 Å². The van der Waals surface area contributed by atoms with Gasteiger partial charge in [0.2, 0.25) is 11.8 Å². The highest BCUT2D eigenvalue weighted by Crippen LogP contribution is 2.31. The molecule has 6 rings (SSSR count). The van der Waals surface area contributed by atoms with Crippen LogP contribution in [0.1, 0.15) is 41.1 Å². The normalized spacial score (nSPS) is 22.7.